The van der Waals surface area contributed by atoms with Crippen molar-refractivity contribution < 1.29 is 23.4 Å². The number of esters is 1. The molecule has 14 heavy (non-hydrogen) atoms. The highest BCUT2D eigenvalue weighted by molar-refractivity contribution is 5.80. The predicted octanol–water partition coefficient (Wildman–Crippen LogP) is 0.791. The molecule has 0 aromatic carbocycles. The molecule has 0 unspecified atom stereocenters. The Morgan fingerprint density at radius 3 is 2.64 bits per heavy atom. The van der Waals surface area contributed by atoms with Gasteiger partial charge in [0.15, 0.2) is 5.79 Å². The third kappa shape index (κ3) is 1.31. The quantitative estimate of drug-likeness (QED) is 0.547. The van der Waals surface area contributed by atoms with Crippen LogP contribution in [0.25, 0.3) is 0 Å². The van der Waals surface area contributed by atoms with E-state index in [9.17, 15) is 9.18 Å². The van der Waals surface area contributed by atoms with Gasteiger partial charge in [-0.1, -0.05) is 0 Å². The largest absolute Gasteiger partial charge is 0.460 e. The van der Waals surface area contributed by atoms with Gasteiger partial charge in [-0.15, -0.1) is 0 Å². The van der Waals surface area contributed by atoms with Crippen LogP contribution in [0.4, 0.5) is 4.39 Å². The van der Waals surface area contributed by atoms with Crippen molar-refractivity contribution in [2.24, 2.45) is 0 Å². The fourth-order valence-corrected chi connectivity index (χ4v) is 1.83. The van der Waals surface area contributed by atoms with Crippen LogP contribution < -0.4 is 0 Å². The number of carbonyl (C=O) groups excluding carboxylic acids is 1. The van der Waals surface area contributed by atoms with Crippen LogP contribution in [-0.2, 0) is 19.0 Å². The van der Waals surface area contributed by atoms with Crippen LogP contribution in [0, 0.1) is 0 Å². The number of halogens is 1. The van der Waals surface area contributed by atoms with E-state index in [2.05, 4.69) is 4.74 Å². The molecule has 2 aliphatic rings. The highest BCUT2D eigenvalue weighted by Crippen LogP contribution is 2.39. The number of hydrogen-bond acceptors (Lipinski definition) is 4. The maximum atomic E-state index is 13.9. The summed E-state index contributed by atoms with van der Waals surface area (Å²) in [6, 6.07) is 0. The van der Waals surface area contributed by atoms with E-state index in [1.807, 2.05) is 0 Å². The van der Waals surface area contributed by atoms with Crippen molar-refractivity contribution in [1.82, 2.24) is 0 Å². The molecule has 0 N–H and O–H groups in total. The average Bonchev–Trinajstić information content (AvgIpc) is 2.35. The van der Waals surface area contributed by atoms with E-state index in [1.165, 1.54) is 0 Å². The monoisotopic (exact) mass is 204 g/mol. The fourth-order valence-electron chi connectivity index (χ4n) is 1.83. The molecule has 5 heteroatoms. The molecule has 0 radical (unpaired) electrons. The number of cyclic esters (lactones) is 1. The van der Waals surface area contributed by atoms with Crippen molar-refractivity contribution >= 4 is 5.97 Å². The first-order valence-corrected chi connectivity index (χ1v) is 4.55. The van der Waals surface area contributed by atoms with Gasteiger partial charge in [-0.3, -0.25) is 0 Å². The zero-order valence-electron chi connectivity index (χ0n) is 8.37. The summed E-state index contributed by atoms with van der Waals surface area (Å²) in [5, 5.41) is 0. The lowest BCUT2D eigenvalue weighted by Crippen LogP contribution is -2.55. The van der Waals surface area contributed by atoms with Gasteiger partial charge in [0.1, 0.15) is 18.8 Å². The summed E-state index contributed by atoms with van der Waals surface area (Å²) >= 11 is 0. The van der Waals surface area contributed by atoms with Gasteiger partial charge >= 0.3 is 5.97 Å². The van der Waals surface area contributed by atoms with Gasteiger partial charge in [0.2, 0.25) is 5.67 Å². The fraction of sp³-hybridized carbons (Fsp3) is 0.889. The van der Waals surface area contributed by atoms with E-state index < -0.39 is 29.6 Å². The summed E-state index contributed by atoms with van der Waals surface area (Å²) in [7, 11) is 0. The van der Waals surface area contributed by atoms with Crippen molar-refractivity contribution in [3.05, 3.63) is 0 Å². The molecule has 0 saturated carbocycles. The Labute approximate surface area is 81.3 Å². The first-order chi connectivity index (χ1) is 6.33. The summed E-state index contributed by atoms with van der Waals surface area (Å²) in [6.45, 7) is 4.60. The standard InChI is InChI=1S/C9H13FO4/c1-8(2)13-5-4-12-7(11)9(3,10)6(5)14-8/h5-6H,4H2,1-3H3/t5-,6-,9+/m1/s1. The molecular formula is C9H13FO4. The molecule has 2 heterocycles. The second-order valence-electron chi connectivity index (χ2n) is 4.27. The Kier molecular flexibility index (Phi) is 1.88. The Balaban J connectivity index is 2.25. The van der Waals surface area contributed by atoms with Gasteiger partial charge in [0.05, 0.1) is 0 Å². The van der Waals surface area contributed by atoms with E-state index in [4.69, 9.17) is 9.47 Å². The minimum Gasteiger partial charge on any atom is -0.460 e. The molecule has 2 fully saturated rings. The Morgan fingerprint density at radius 1 is 1.36 bits per heavy atom. The number of alkyl halides is 1. The molecular weight excluding hydrogens is 191 g/mol. The SMILES string of the molecule is CC1(C)O[C@@H]2[C@@H](COC(=O)[C@@]2(C)F)O1. The van der Waals surface area contributed by atoms with Crippen LogP contribution in [0.5, 0.6) is 0 Å². The van der Waals surface area contributed by atoms with Gasteiger partial charge in [0, 0.05) is 0 Å². The van der Waals surface area contributed by atoms with E-state index >= 15 is 0 Å². The summed E-state index contributed by atoms with van der Waals surface area (Å²) in [4.78, 5) is 11.1. The lowest BCUT2D eigenvalue weighted by atomic mass is 9.95. The highest BCUT2D eigenvalue weighted by Gasteiger charge is 2.59. The summed E-state index contributed by atoms with van der Waals surface area (Å²) in [5.41, 5.74) is -2.11. The highest BCUT2D eigenvalue weighted by atomic mass is 19.1. The number of carbonyl (C=O) groups is 1. The number of rotatable bonds is 0. The minimum absolute atomic E-state index is 0.0619. The molecule has 0 aliphatic carbocycles. The van der Waals surface area contributed by atoms with Gasteiger partial charge in [0.25, 0.3) is 0 Å². The van der Waals surface area contributed by atoms with Gasteiger partial charge in [-0.05, 0) is 20.8 Å². The minimum atomic E-state index is -2.11. The lowest BCUT2D eigenvalue weighted by molar-refractivity contribution is -0.181. The van der Waals surface area contributed by atoms with Crippen LogP contribution in [0.3, 0.4) is 0 Å². The molecule has 4 nitrogen and oxygen atoms in total. The van der Waals surface area contributed by atoms with Gasteiger partial charge < -0.3 is 14.2 Å². The molecule has 0 aromatic rings. The van der Waals surface area contributed by atoms with Crippen molar-refractivity contribution in [2.75, 3.05) is 6.61 Å². The summed E-state index contributed by atoms with van der Waals surface area (Å²) in [5.74, 6) is -1.73. The van der Waals surface area contributed by atoms with Gasteiger partial charge in [-0.25, -0.2) is 9.18 Å². The summed E-state index contributed by atoms with van der Waals surface area (Å²) in [6.07, 6.45) is -1.36. The number of hydrogen-bond donors (Lipinski definition) is 0. The van der Waals surface area contributed by atoms with E-state index in [0.717, 1.165) is 6.92 Å². The predicted molar refractivity (Wildman–Crippen MR) is 44.3 cm³/mol. The molecule has 0 spiro atoms. The van der Waals surface area contributed by atoms with Crippen molar-refractivity contribution in [1.29, 1.82) is 0 Å². The van der Waals surface area contributed by atoms with Crippen LogP contribution >= 0.6 is 0 Å². The van der Waals surface area contributed by atoms with Crippen LogP contribution in [-0.4, -0.2) is 36.2 Å². The smallest absolute Gasteiger partial charge is 0.346 e. The van der Waals surface area contributed by atoms with Crippen molar-refractivity contribution in [3.63, 3.8) is 0 Å². The first kappa shape index (κ1) is 9.86. The maximum absolute atomic E-state index is 13.9. The van der Waals surface area contributed by atoms with E-state index in [1.54, 1.807) is 13.8 Å². The van der Waals surface area contributed by atoms with Crippen LogP contribution in [0.15, 0.2) is 0 Å². The van der Waals surface area contributed by atoms with E-state index in [-0.39, 0.29) is 6.61 Å². The Bertz CT molecular complexity index is 274. The zero-order valence-corrected chi connectivity index (χ0v) is 8.37. The Hall–Kier alpha value is -0.680. The van der Waals surface area contributed by atoms with Gasteiger partial charge in [-0.2, -0.15) is 0 Å². The molecule has 0 aromatic heterocycles. The first-order valence-electron chi connectivity index (χ1n) is 4.55. The molecule has 0 amide bonds. The summed E-state index contributed by atoms with van der Waals surface area (Å²) < 4.78 is 29.3. The maximum Gasteiger partial charge on any atom is 0.346 e. The Morgan fingerprint density at radius 2 is 2.00 bits per heavy atom. The second kappa shape index (κ2) is 2.67. The van der Waals surface area contributed by atoms with Crippen molar-refractivity contribution in [3.8, 4) is 0 Å². The van der Waals surface area contributed by atoms with E-state index in [0.29, 0.717) is 0 Å². The van der Waals surface area contributed by atoms with Crippen LogP contribution in [0.2, 0.25) is 0 Å². The number of ether oxygens (including phenoxy) is 3. The average molecular weight is 204 g/mol. The zero-order chi connectivity index (χ0) is 10.6. The van der Waals surface area contributed by atoms with Crippen molar-refractivity contribution in [2.45, 2.75) is 44.4 Å². The molecule has 0 bridgehead atoms. The molecule has 2 aliphatic heterocycles. The third-order valence-corrected chi connectivity index (χ3v) is 2.50. The molecule has 2 rings (SSSR count). The molecule has 3 atom stereocenters. The molecule has 2 saturated heterocycles. The third-order valence-electron chi connectivity index (χ3n) is 2.50. The van der Waals surface area contributed by atoms with Crippen LogP contribution in [0.1, 0.15) is 20.8 Å². The topological polar surface area (TPSA) is 44.8 Å². The molecule has 80 valence electrons. The number of fused-ring (bicyclic) bond motifs is 1. The lowest BCUT2D eigenvalue weighted by Gasteiger charge is -2.32. The second-order valence-corrected chi connectivity index (χ2v) is 4.27. The normalized spacial score (nSPS) is 45.9.